The molecule has 1 unspecified atom stereocenters. The van der Waals surface area contributed by atoms with E-state index in [0.717, 1.165) is 19.4 Å². The number of rotatable bonds is 27. The van der Waals surface area contributed by atoms with Gasteiger partial charge in [0, 0.05) is 19.8 Å². The molecular formula is C38H59N6O7P. The van der Waals surface area contributed by atoms with E-state index in [2.05, 4.69) is 22.1 Å². The molecule has 0 bridgehead atoms. The van der Waals surface area contributed by atoms with Crippen LogP contribution in [0.25, 0.3) is 5.52 Å². The van der Waals surface area contributed by atoms with Crippen LogP contribution in [0.4, 0.5) is 5.82 Å². The van der Waals surface area contributed by atoms with Gasteiger partial charge in [-0.15, -0.1) is 0 Å². The van der Waals surface area contributed by atoms with Gasteiger partial charge in [-0.05, 0) is 43.5 Å². The summed E-state index contributed by atoms with van der Waals surface area (Å²) in [4.78, 5) is 3.96. The van der Waals surface area contributed by atoms with Gasteiger partial charge in [-0.2, -0.15) is 10.4 Å². The van der Waals surface area contributed by atoms with E-state index in [4.69, 9.17) is 24.3 Å². The van der Waals surface area contributed by atoms with Gasteiger partial charge in [0.2, 0.25) is 5.60 Å². The van der Waals surface area contributed by atoms with Gasteiger partial charge in [0.15, 0.2) is 5.82 Å². The van der Waals surface area contributed by atoms with Crippen LogP contribution in [0, 0.1) is 11.3 Å². The number of nitrogen functional groups attached to an aromatic ring is 1. The van der Waals surface area contributed by atoms with Crippen LogP contribution >= 0.6 is 7.75 Å². The highest BCUT2D eigenvalue weighted by Crippen LogP contribution is 2.48. The van der Waals surface area contributed by atoms with Crippen LogP contribution in [0.2, 0.25) is 0 Å². The van der Waals surface area contributed by atoms with Gasteiger partial charge in [-0.25, -0.2) is 19.2 Å². The summed E-state index contributed by atoms with van der Waals surface area (Å²) in [5.41, 5.74) is 4.70. The molecule has 0 aliphatic carbocycles. The van der Waals surface area contributed by atoms with Gasteiger partial charge in [-0.3, -0.25) is 4.52 Å². The SMILES string of the molecule is CCCCCCCCCCCCCCCCOCCCCNP(=O)(OC[C@@]1(C#N)O[C@@H](c2ccc3c(N)ncnn23)[C@H](O)[C@@H]1O)Oc1ccccc1. The van der Waals surface area contributed by atoms with Crippen molar-refractivity contribution in [3.63, 3.8) is 0 Å². The number of aliphatic hydroxyl groups excluding tert-OH is 2. The number of para-hydroxylation sites is 1. The quantitative estimate of drug-likeness (QED) is 0.0447. The number of anilines is 1. The number of nitriles is 1. The minimum atomic E-state index is -4.07. The summed E-state index contributed by atoms with van der Waals surface area (Å²) in [5, 5.41) is 39.2. The number of aromatic nitrogens is 3. The Bertz CT molecular complexity index is 1540. The molecule has 52 heavy (non-hydrogen) atoms. The van der Waals surface area contributed by atoms with Crippen LogP contribution in [-0.4, -0.2) is 69.0 Å². The van der Waals surface area contributed by atoms with Gasteiger partial charge < -0.3 is 29.9 Å². The molecule has 288 valence electrons. The Labute approximate surface area is 308 Å². The van der Waals surface area contributed by atoms with Crippen LogP contribution in [0.5, 0.6) is 5.75 Å². The minimum Gasteiger partial charge on any atom is -0.413 e. The third kappa shape index (κ3) is 12.5. The summed E-state index contributed by atoms with van der Waals surface area (Å²) in [6, 6.07) is 13.7. The van der Waals surface area contributed by atoms with E-state index in [1.54, 1.807) is 42.5 Å². The smallest absolute Gasteiger partial charge is 0.413 e. The first-order valence-corrected chi connectivity index (χ1v) is 20.7. The lowest BCUT2D eigenvalue weighted by molar-refractivity contribution is -0.0705. The van der Waals surface area contributed by atoms with Crippen molar-refractivity contribution in [2.45, 2.75) is 134 Å². The monoisotopic (exact) mass is 742 g/mol. The predicted octanol–water partition coefficient (Wildman–Crippen LogP) is 7.44. The first-order chi connectivity index (χ1) is 25.3. The van der Waals surface area contributed by atoms with Gasteiger partial charge in [0.1, 0.15) is 48.6 Å². The molecule has 0 amide bonds. The fourth-order valence-corrected chi connectivity index (χ4v) is 7.83. The van der Waals surface area contributed by atoms with E-state index in [1.807, 2.05) is 6.07 Å². The molecule has 0 spiro atoms. The molecule has 13 nitrogen and oxygen atoms in total. The van der Waals surface area contributed by atoms with Crippen molar-refractivity contribution < 1.29 is 33.3 Å². The van der Waals surface area contributed by atoms with Crippen LogP contribution in [0.3, 0.4) is 0 Å². The van der Waals surface area contributed by atoms with Crippen molar-refractivity contribution >= 4 is 19.1 Å². The third-order valence-corrected chi connectivity index (χ3v) is 11.1. The number of aliphatic hydroxyl groups is 2. The summed E-state index contributed by atoms with van der Waals surface area (Å²) >= 11 is 0. The number of unbranched alkanes of at least 4 members (excludes halogenated alkanes) is 14. The van der Waals surface area contributed by atoms with Gasteiger partial charge in [0.05, 0.1) is 5.69 Å². The molecule has 3 heterocycles. The zero-order valence-corrected chi connectivity index (χ0v) is 31.6. The van der Waals surface area contributed by atoms with E-state index in [9.17, 15) is 20.0 Å². The minimum absolute atomic E-state index is 0.214. The van der Waals surface area contributed by atoms with Gasteiger partial charge >= 0.3 is 7.75 Å². The fourth-order valence-electron chi connectivity index (χ4n) is 6.43. The van der Waals surface area contributed by atoms with E-state index >= 15 is 0 Å². The Morgan fingerprint density at radius 3 is 2.17 bits per heavy atom. The average Bonchev–Trinajstić information content (AvgIpc) is 3.69. The first kappa shape index (κ1) is 41.7. The number of fused-ring (bicyclic) bond motifs is 1. The molecule has 3 aromatic rings. The van der Waals surface area contributed by atoms with E-state index in [0.29, 0.717) is 30.0 Å². The summed E-state index contributed by atoms with van der Waals surface area (Å²) in [5.74, 6) is 0.509. The molecule has 1 aliphatic heterocycles. The largest absolute Gasteiger partial charge is 0.458 e. The summed E-state index contributed by atoms with van der Waals surface area (Å²) in [7, 11) is -4.07. The lowest BCUT2D eigenvalue weighted by Crippen LogP contribution is -2.46. The number of benzene rings is 1. The molecule has 5 atom stereocenters. The second kappa shape index (κ2) is 22.2. The normalized spacial score (nSPS) is 21.3. The maximum absolute atomic E-state index is 14.0. The molecule has 14 heteroatoms. The van der Waals surface area contributed by atoms with Crippen molar-refractivity contribution in [1.29, 1.82) is 5.26 Å². The number of nitrogens with zero attached hydrogens (tertiary/aromatic N) is 4. The molecule has 0 radical (unpaired) electrons. The Balaban J connectivity index is 1.15. The van der Waals surface area contributed by atoms with Crippen LogP contribution in [0.15, 0.2) is 48.8 Å². The lowest BCUT2D eigenvalue weighted by Gasteiger charge is -2.27. The van der Waals surface area contributed by atoms with E-state index < -0.39 is 38.3 Å². The number of nitrogens with two attached hydrogens (primary N) is 1. The van der Waals surface area contributed by atoms with Gasteiger partial charge in [0.25, 0.3) is 0 Å². The maximum atomic E-state index is 14.0. The fraction of sp³-hybridized carbons (Fsp3) is 0.658. The summed E-state index contributed by atoms with van der Waals surface area (Å²) in [6.45, 7) is 3.22. The zero-order valence-electron chi connectivity index (χ0n) is 30.7. The molecule has 1 aliphatic rings. The number of hydrogen-bond donors (Lipinski definition) is 4. The first-order valence-electron chi connectivity index (χ1n) is 19.2. The molecule has 1 saturated heterocycles. The highest BCUT2D eigenvalue weighted by Gasteiger charge is 2.57. The maximum Gasteiger partial charge on any atom is 0.458 e. The molecular weight excluding hydrogens is 683 g/mol. The molecule has 1 aromatic carbocycles. The predicted molar refractivity (Wildman–Crippen MR) is 201 cm³/mol. The van der Waals surface area contributed by atoms with E-state index in [1.165, 1.54) is 94.3 Å². The third-order valence-electron chi connectivity index (χ3n) is 9.52. The summed E-state index contributed by atoms with van der Waals surface area (Å²) in [6.07, 6.45) is 16.7. The van der Waals surface area contributed by atoms with Crippen LogP contribution in [0.1, 0.15) is 121 Å². The van der Waals surface area contributed by atoms with Gasteiger partial charge in [-0.1, -0.05) is 109 Å². The average molecular weight is 743 g/mol. The number of hydrogen-bond acceptors (Lipinski definition) is 11. The second-order valence-corrected chi connectivity index (χ2v) is 15.4. The van der Waals surface area contributed by atoms with E-state index in [-0.39, 0.29) is 12.4 Å². The van der Waals surface area contributed by atoms with Crippen molar-refractivity contribution in [3.8, 4) is 11.8 Å². The Hall–Kier alpha value is -3.08. The topological polar surface area (TPSA) is 186 Å². The van der Waals surface area contributed by atoms with Crippen molar-refractivity contribution in [2.24, 2.45) is 0 Å². The Morgan fingerprint density at radius 1 is 0.923 bits per heavy atom. The molecule has 2 aromatic heterocycles. The van der Waals surface area contributed by atoms with Crippen molar-refractivity contribution in [2.75, 3.05) is 32.1 Å². The molecule has 1 fully saturated rings. The standard InChI is InChI=1S/C38H59N6O7P/c1-2-3-4-5-6-7-8-9-10-11-12-13-14-19-26-48-27-20-18-25-43-52(47,51-31-21-16-15-17-22-31)49-29-38(28-39)36(46)34(45)35(50-38)32-23-24-33-37(40)41-30-42-44(32)33/h15-17,21-24,30,34-36,45-46H,2-14,18-20,25-27,29H2,1H3,(H,43,47)(H2,40,41,42)/t34-,35-,36-,38+,52?/m0/s1. The lowest BCUT2D eigenvalue weighted by atomic mass is 9.96. The molecule has 0 saturated carbocycles. The number of nitrogens with one attached hydrogen (secondary N) is 1. The Morgan fingerprint density at radius 2 is 1.54 bits per heavy atom. The Kier molecular flexibility index (Phi) is 17.8. The second-order valence-electron chi connectivity index (χ2n) is 13.7. The zero-order chi connectivity index (χ0) is 37.1. The molecule has 4 rings (SSSR count). The van der Waals surface area contributed by atoms with Crippen molar-refractivity contribution in [1.82, 2.24) is 19.7 Å². The van der Waals surface area contributed by atoms with Crippen LogP contribution in [-0.2, 0) is 18.6 Å². The number of ether oxygens (including phenoxy) is 2. The van der Waals surface area contributed by atoms with Crippen LogP contribution < -0.4 is 15.3 Å². The highest BCUT2D eigenvalue weighted by molar-refractivity contribution is 7.52. The van der Waals surface area contributed by atoms with Crippen molar-refractivity contribution in [3.05, 3.63) is 54.5 Å². The highest BCUT2D eigenvalue weighted by atomic mass is 31.2. The molecule has 5 N–H and O–H groups in total. The summed E-state index contributed by atoms with van der Waals surface area (Å²) < 4.78 is 38.7.